The summed E-state index contributed by atoms with van der Waals surface area (Å²) >= 11 is 1.33. The third-order valence-electron chi connectivity index (χ3n) is 4.42. The second kappa shape index (κ2) is 8.46. The lowest BCUT2D eigenvalue weighted by atomic mass is 10.1. The number of amides is 1. The quantitative estimate of drug-likeness (QED) is 0.455. The zero-order chi connectivity index (χ0) is 21.1. The summed E-state index contributed by atoms with van der Waals surface area (Å²) in [5.41, 5.74) is 2.81. The van der Waals surface area contributed by atoms with Gasteiger partial charge in [0.25, 0.3) is 0 Å². The van der Waals surface area contributed by atoms with Crippen LogP contribution in [0.4, 0.5) is 0 Å². The Labute approximate surface area is 176 Å². The Hall–Kier alpha value is -3.52. The van der Waals surface area contributed by atoms with E-state index in [4.69, 9.17) is 9.26 Å². The second-order valence-corrected chi connectivity index (χ2v) is 7.62. The van der Waals surface area contributed by atoms with Gasteiger partial charge in [-0.1, -0.05) is 52.9 Å². The van der Waals surface area contributed by atoms with E-state index in [2.05, 4.69) is 10.1 Å². The molecular formula is C22H19N3O4S. The first-order valence-electron chi connectivity index (χ1n) is 9.42. The Bertz CT molecular complexity index is 1280. The third kappa shape index (κ3) is 4.08. The topological polar surface area (TPSA) is 86.7 Å². The molecule has 2 heterocycles. The molecule has 0 aliphatic carbocycles. The Morgan fingerprint density at radius 1 is 1.17 bits per heavy atom. The summed E-state index contributed by atoms with van der Waals surface area (Å²) in [4.78, 5) is 29.5. The maximum absolute atomic E-state index is 12.8. The molecule has 0 radical (unpaired) electrons. The number of aryl methyl sites for hydroxylation is 1. The summed E-state index contributed by atoms with van der Waals surface area (Å²) in [6, 6.07) is 16.8. The van der Waals surface area contributed by atoms with E-state index in [1.165, 1.54) is 11.3 Å². The summed E-state index contributed by atoms with van der Waals surface area (Å²) < 4.78 is 13.0. The molecule has 7 nitrogen and oxygen atoms in total. The maximum Gasteiger partial charge on any atom is 0.326 e. The van der Waals surface area contributed by atoms with Gasteiger partial charge in [-0.25, -0.2) is 0 Å². The molecular weight excluding hydrogens is 402 g/mol. The van der Waals surface area contributed by atoms with Crippen LogP contribution in [0.2, 0.25) is 0 Å². The van der Waals surface area contributed by atoms with Gasteiger partial charge in [0.1, 0.15) is 6.54 Å². The molecule has 4 aromatic rings. The molecule has 0 aliphatic rings. The molecule has 0 saturated carbocycles. The molecule has 0 aliphatic heterocycles. The number of carbonyl (C=O) groups excluding carboxylic acids is 2. The molecule has 0 atom stereocenters. The van der Waals surface area contributed by atoms with Crippen LogP contribution in [0, 0.1) is 6.92 Å². The highest BCUT2D eigenvalue weighted by Crippen LogP contribution is 2.21. The van der Waals surface area contributed by atoms with Crippen molar-refractivity contribution in [2.75, 3.05) is 6.61 Å². The van der Waals surface area contributed by atoms with Crippen molar-refractivity contribution in [3.05, 3.63) is 70.7 Å². The monoisotopic (exact) mass is 421 g/mol. The molecule has 2 aromatic carbocycles. The van der Waals surface area contributed by atoms with E-state index >= 15 is 0 Å². The molecule has 8 heteroatoms. The Kier molecular flexibility index (Phi) is 5.58. The third-order valence-corrected chi connectivity index (χ3v) is 5.46. The van der Waals surface area contributed by atoms with Crippen molar-refractivity contribution in [2.45, 2.75) is 20.4 Å². The standard InChI is InChI=1S/C22H19N3O4S/c1-3-28-20(26)13-25-17-10-9-14(2)11-19(17)30-22(25)23-21(27)16-12-18(29-24-16)15-7-5-4-6-8-15/h4-12H,3,13H2,1-2H3. The second-order valence-electron chi connectivity index (χ2n) is 6.61. The van der Waals surface area contributed by atoms with Crippen molar-refractivity contribution >= 4 is 33.4 Å². The molecule has 0 N–H and O–H groups in total. The molecule has 0 bridgehead atoms. The summed E-state index contributed by atoms with van der Waals surface area (Å²) in [7, 11) is 0. The number of benzene rings is 2. The Morgan fingerprint density at radius 2 is 1.97 bits per heavy atom. The predicted molar refractivity (Wildman–Crippen MR) is 113 cm³/mol. The zero-order valence-corrected chi connectivity index (χ0v) is 17.3. The molecule has 0 spiro atoms. The van der Waals surface area contributed by atoms with Crippen molar-refractivity contribution in [2.24, 2.45) is 4.99 Å². The lowest BCUT2D eigenvalue weighted by Crippen LogP contribution is -2.23. The van der Waals surface area contributed by atoms with Gasteiger partial charge >= 0.3 is 11.9 Å². The number of esters is 1. The number of rotatable bonds is 5. The van der Waals surface area contributed by atoms with Crippen LogP contribution in [-0.2, 0) is 16.1 Å². The number of hydrogen-bond acceptors (Lipinski definition) is 6. The first-order chi connectivity index (χ1) is 14.5. The van der Waals surface area contributed by atoms with Gasteiger partial charge in [0, 0.05) is 11.6 Å². The fraction of sp³-hybridized carbons (Fsp3) is 0.182. The minimum Gasteiger partial charge on any atom is -0.465 e. The molecule has 30 heavy (non-hydrogen) atoms. The zero-order valence-electron chi connectivity index (χ0n) is 16.5. The molecule has 152 valence electrons. The fourth-order valence-electron chi connectivity index (χ4n) is 3.01. The van der Waals surface area contributed by atoms with Crippen LogP contribution in [0.1, 0.15) is 23.0 Å². The van der Waals surface area contributed by atoms with E-state index in [-0.39, 0.29) is 24.8 Å². The number of hydrogen-bond donors (Lipinski definition) is 0. The highest BCUT2D eigenvalue weighted by atomic mass is 32.1. The Morgan fingerprint density at radius 3 is 2.73 bits per heavy atom. The van der Waals surface area contributed by atoms with Gasteiger partial charge in [0.2, 0.25) is 0 Å². The van der Waals surface area contributed by atoms with E-state index in [1.807, 2.05) is 55.5 Å². The Balaban J connectivity index is 1.73. The van der Waals surface area contributed by atoms with E-state index in [1.54, 1.807) is 17.6 Å². The largest absolute Gasteiger partial charge is 0.465 e. The minimum absolute atomic E-state index is 0.0307. The van der Waals surface area contributed by atoms with Gasteiger partial charge in [0.05, 0.1) is 16.8 Å². The van der Waals surface area contributed by atoms with E-state index < -0.39 is 5.91 Å². The van der Waals surface area contributed by atoms with Crippen LogP contribution in [0.15, 0.2) is 64.1 Å². The summed E-state index contributed by atoms with van der Waals surface area (Å²) in [5, 5.41) is 3.86. The van der Waals surface area contributed by atoms with Crippen LogP contribution in [-0.4, -0.2) is 28.2 Å². The van der Waals surface area contributed by atoms with Gasteiger partial charge in [-0.3, -0.25) is 9.59 Å². The molecule has 0 unspecified atom stereocenters. The van der Waals surface area contributed by atoms with Gasteiger partial charge in [-0.2, -0.15) is 4.99 Å². The number of aromatic nitrogens is 2. The van der Waals surface area contributed by atoms with Gasteiger partial charge < -0.3 is 13.8 Å². The summed E-state index contributed by atoms with van der Waals surface area (Å²) in [6.07, 6.45) is 0. The van der Waals surface area contributed by atoms with Gasteiger partial charge in [-0.15, -0.1) is 0 Å². The molecule has 4 rings (SSSR count). The molecule has 0 saturated heterocycles. The smallest absolute Gasteiger partial charge is 0.326 e. The van der Waals surface area contributed by atoms with Crippen molar-refractivity contribution in [3.8, 4) is 11.3 Å². The molecule has 0 fully saturated rings. The van der Waals surface area contributed by atoms with Gasteiger partial charge in [-0.05, 0) is 31.5 Å². The fourth-order valence-corrected chi connectivity index (χ4v) is 4.14. The van der Waals surface area contributed by atoms with Crippen LogP contribution < -0.4 is 4.80 Å². The predicted octanol–water partition coefficient (Wildman–Crippen LogP) is 3.97. The van der Waals surface area contributed by atoms with Gasteiger partial charge in [0.15, 0.2) is 16.3 Å². The van der Waals surface area contributed by atoms with Crippen molar-refractivity contribution < 1.29 is 18.8 Å². The summed E-state index contributed by atoms with van der Waals surface area (Å²) in [5.74, 6) is -0.443. The molecule has 1 amide bonds. The highest BCUT2D eigenvalue weighted by molar-refractivity contribution is 7.16. The highest BCUT2D eigenvalue weighted by Gasteiger charge is 2.16. The lowest BCUT2D eigenvalue weighted by Gasteiger charge is -2.05. The minimum atomic E-state index is -0.540. The average Bonchev–Trinajstić information content (AvgIpc) is 3.34. The van der Waals surface area contributed by atoms with Crippen LogP contribution >= 0.6 is 11.3 Å². The summed E-state index contributed by atoms with van der Waals surface area (Å²) in [6.45, 7) is 3.99. The van der Waals surface area contributed by atoms with Crippen molar-refractivity contribution in [1.82, 2.24) is 9.72 Å². The van der Waals surface area contributed by atoms with Crippen LogP contribution in [0.25, 0.3) is 21.5 Å². The average molecular weight is 421 g/mol. The van der Waals surface area contributed by atoms with Crippen molar-refractivity contribution in [3.63, 3.8) is 0 Å². The molecule has 2 aromatic heterocycles. The number of carbonyl (C=O) groups is 2. The van der Waals surface area contributed by atoms with E-state index in [9.17, 15) is 9.59 Å². The number of fused-ring (bicyclic) bond motifs is 1. The van der Waals surface area contributed by atoms with Crippen LogP contribution in [0.3, 0.4) is 0 Å². The number of thiazole rings is 1. The maximum atomic E-state index is 12.8. The van der Waals surface area contributed by atoms with E-state index in [0.717, 1.165) is 21.3 Å². The van der Waals surface area contributed by atoms with Crippen LogP contribution in [0.5, 0.6) is 0 Å². The lowest BCUT2D eigenvalue weighted by molar-refractivity contribution is -0.143. The first-order valence-corrected chi connectivity index (χ1v) is 10.2. The first kappa shape index (κ1) is 19.8. The van der Waals surface area contributed by atoms with Crippen molar-refractivity contribution in [1.29, 1.82) is 0 Å². The van der Waals surface area contributed by atoms with E-state index in [0.29, 0.717) is 10.6 Å². The number of nitrogens with zero attached hydrogens (tertiary/aromatic N) is 3. The SMILES string of the molecule is CCOC(=O)Cn1c(=NC(=O)c2cc(-c3ccccc3)on2)sc2cc(C)ccc21. The number of ether oxygens (including phenoxy) is 1. The normalized spacial score (nSPS) is 11.7.